The van der Waals surface area contributed by atoms with Crippen molar-refractivity contribution < 1.29 is 42.1 Å². The molecule has 84 heavy (non-hydrogen) atoms. The molecule has 0 bridgehead atoms. The lowest BCUT2D eigenvalue weighted by Gasteiger charge is -2.28. The van der Waals surface area contributed by atoms with Crippen molar-refractivity contribution in [3.05, 3.63) is 0 Å². The van der Waals surface area contributed by atoms with E-state index in [1.807, 2.05) is 21.1 Å². The molecular weight excluding hydrogens is 1060 g/mol. The molecule has 0 saturated carbocycles. The summed E-state index contributed by atoms with van der Waals surface area (Å²) >= 11 is 0. The number of esters is 2. The molecule has 0 aromatic carbocycles. The Labute approximate surface area is 524 Å². The predicted octanol–water partition coefficient (Wildman–Crippen LogP) is 23.9. The maximum atomic E-state index is 12.9. The molecule has 0 saturated heterocycles. The minimum Gasteiger partial charge on any atom is -0.756 e. The first kappa shape index (κ1) is 83.0. The zero-order valence-electron chi connectivity index (χ0n) is 57.4. The van der Waals surface area contributed by atoms with E-state index in [1.165, 1.54) is 347 Å². The highest BCUT2D eigenvalue weighted by Crippen LogP contribution is 2.38. The number of carbonyl (C=O) groups is 2. The van der Waals surface area contributed by atoms with E-state index in [1.54, 1.807) is 0 Å². The second-order valence-electron chi connectivity index (χ2n) is 27.4. The van der Waals surface area contributed by atoms with Gasteiger partial charge in [0.1, 0.15) is 19.8 Å². The minimum absolute atomic E-state index is 0.0247. The number of unbranched alkanes of at least 4 members (excludes halogenated alkanes) is 58. The average molecular weight is 1210 g/mol. The van der Waals surface area contributed by atoms with E-state index in [0.717, 1.165) is 32.1 Å². The molecule has 2 unspecified atom stereocenters. The Kier molecular flexibility index (Phi) is 65.6. The molecule has 0 radical (unpaired) electrons. The van der Waals surface area contributed by atoms with Gasteiger partial charge < -0.3 is 27.9 Å². The first-order valence-corrected chi connectivity index (χ1v) is 39.2. The van der Waals surface area contributed by atoms with Crippen molar-refractivity contribution in [2.24, 2.45) is 0 Å². The lowest BCUT2D eigenvalue weighted by molar-refractivity contribution is -0.870. The molecule has 0 amide bonds. The third-order valence-electron chi connectivity index (χ3n) is 17.6. The van der Waals surface area contributed by atoms with E-state index in [0.29, 0.717) is 17.4 Å². The quantitative estimate of drug-likeness (QED) is 0.0256. The molecule has 0 N–H and O–H groups in total. The summed E-state index contributed by atoms with van der Waals surface area (Å²) < 4.78 is 34.4. The van der Waals surface area contributed by atoms with Crippen LogP contribution in [-0.2, 0) is 32.7 Å². The van der Waals surface area contributed by atoms with Crippen LogP contribution in [0.15, 0.2) is 0 Å². The number of carbonyl (C=O) groups excluding carboxylic acids is 2. The second-order valence-corrected chi connectivity index (χ2v) is 28.8. The fourth-order valence-corrected chi connectivity index (χ4v) is 12.6. The lowest BCUT2D eigenvalue weighted by Crippen LogP contribution is -2.37. The molecule has 0 rings (SSSR count). The van der Waals surface area contributed by atoms with E-state index in [4.69, 9.17) is 18.5 Å². The van der Waals surface area contributed by atoms with E-state index in [2.05, 4.69) is 13.8 Å². The van der Waals surface area contributed by atoms with Crippen molar-refractivity contribution in [1.82, 2.24) is 0 Å². The van der Waals surface area contributed by atoms with E-state index in [-0.39, 0.29) is 32.0 Å². The summed E-state index contributed by atoms with van der Waals surface area (Å²) in [5, 5.41) is 0. The van der Waals surface area contributed by atoms with Crippen LogP contribution in [-0.4, -0.2) is 70.0 Å². The molecule has 9 nitrogen and oxygen atoms in total. The number of phosphoric ester groups is 1. The van der Waals surface area contributed by atoms with Crippen LogP contribution < -0.4 is 4.89 Å². The Hall–Kier alpha value is -0.990. The largest absolute Gasteiger partial charge is 0.756 e. The van der Waals surface area contributed by atoms with Crippen LogP contribution in [0.2, 0.25) is 0 Å². The van der Waals surface area contributed by atoms with Gasteiger partial charge in [-0.2, -0.15) is 0 Å². The molecule has 0 aliphatic heterocycles. The van der Waals surface area contributed by atoms with Gasteiger partial charge in [0, 0.05) is 12.8 Å². The number of quaternary nitrogens is 1. The highest BCUT2D eigenvalue weighted by atomic mass is 31.2. The van der Waals surface area contributed by atoms with Gasteiger partial charge in [-0.25, -0.2) is 0 Å². The van der Waals surface area contributed by atoms with Gasteiger partial charge in [-0.3, -0.25) is 14.2 Å². The Morgan fingerprint density at radius 3 is 0.762 bits per heavy atom. The lowest BCUT2D eigenvalue weighted by atomic mass is 10.0. The zero-order valence-corrected chi connectivity index (χ0v) is 58.3. The first-order chi connectivity index (χ1) is 41.0. The molecule has 0 spiro atoms. The number of ether oxygens (including phenoxy) is 2. The number of phosphoric acid groups is 1. The second kappa shape index (κ2) is 66.4. The van der Waals surface area contributed by atoms with Gasteiger partial charge in [-0.15, -0.1) is 0 Å². The maximum absolute atomic E-state index is 12.9. The highest BCUT2D eigenvalue weighted by molar-refractivity contribution is 7.45. The molecule has 2 atom stereocenters. The van der Waals surface area contributed by atoms with E-state index < -0.39 is 26.5 Å². The van der Waals surface area contributed by atoms with Crippen LogP contribution in [0.3, 0.4) is 0 Å². The van der Waals surface area contributed by atoms with Gasteiger partial charge in [0.2, 0.25) is 0 Å². The number of rotatable bonds is 72. The SMILES string of the molecule is CCCCCCCCCCCCCCCCCCCCCCCCCCCCCCCCCCCCCCC(=O)OC(COC(=O)CCCCCCCCCCCCCCCCCCCCCCCCCC)COP(=O)([O-])OCC[N+](C)(C)C. The summed E-state index contributed by atoms with van der Waals surface area (Å²) in [6.45, 7) is 4.34. The van der Waals surface area contributed by atoms with Gasteiger partial charge in [0.05, 0.1) is 27.7 Å². The summed E-state index contributed by atoms with van der Waals surface area (Å²) in [6.07, 6.45) is 80.8. The number of hydrogen-bond donors (Lipinski definition) is 0. The van der Waals surface area contributed by atoms with Gasteiger partial charge in [-0.05, 0) is 12.8 Å². The molecule has 10 heteroatoms. The Morgan fingerprint density at radius 2 is 0.536 bits per heavy atom. The van der Waals surface area contributed by atoms with Crippen molar-refractivity contribution in [3.63, 3.8) is 0 Å². The van der Waals surface area contributed by atoms with Crippen LogP contribution in [0.5, 0.6) is 0 Å². The first-order valence-electron chi connectivity index (χ1n) is 37.7. The van der Waals surface area contributed by atoms with Gasteiger partial charge in [0.25, 0.3) is 7.82 Å². The molecule has 0 aliphatic rings. The normalized spacial score (nSPS) is 13.0. The molecule has 0 heterocycles. The highest BCUT2D eigenvalue weighted by Gasteiger charge is 2.22. The molecule has 0 aromatic rings. The van der Waals surface area contributed by atoms with Crippen molar-refractivity contribution in [2.75, 3.05) is 47.5 Å². The van der Waals surface area contributed by atoms with E-state index in [9.17, 15) is 19.0 Å². The monoisotopic (exact) mass is 1210 g/mol. The summed E-state index contributed by atoms with van der Waals surface area (Å²) in [5.74, 6) is -0.802. The Balaban J connectivity index is 3.90. The molecule has 0 aliphatic carbocycles. The van der Waals surface area contributed by atoms with Gasteiger partial charge >= 0.3 is 11.9 Å². The molecule has 0 fully saturated rings. The van der Waals surface area contributed by atoms with Gasteiger partial charge in [0.15, 0.2) is 6.10 Å². The Bertz CT molecular complexity index is 1370. The number of hydrogen-bond acceptors (Lipinski definition) is 8. The smallest absolute Gasteiger partial charge is 0.306 e. The topological polar surface area (TPSA) is 111 Å². The maximum Gasteiger partial charge on any atom is 0.306 e. The van der Waals surface area contributed by atoms with Crippen LogP contribution in [0.1, 0.15) is 412 Å². The fourth-order valence-electron chi connectivity index (χ4n) is 11.8. The van der Waals surface area contributed by atoms with Crippen LogP contribution in [0.25, 0.3) is 0 Å². The Morgan fingerprint density at radius 1 is 0.321 bits per heavy atom. The number of likely N-dealkylation sites (N-methyl/N-ethyl adjacent to an activating group) is 1. The molecule has 0 aromatic heterocycles. The minimum atomic E-state index is -4.64. The summed E-state index contributed by atoms with van der Waals surface area (Å²) in [4.78, 5) is 38.1. The molecular formula is C74H148NO8P. The molecule has 502 valence electrons. The summed E-state index contributed by atoms with van der Waals surface area (Å²) in [6, 6.07) is 0. The third-order valence-corrected chi connectivity index (χ3v) is 18.6. The predicted molar refractivity (Wildman–Crippen MR) is 361 cm³/mol. The van der Waals surface area contributed by atoms with Crippen molar-refractivity contribution in [2.45, 2.75) is 418 Å². The van der Waals surface area contributed by atoms with Gasteiger partial charge in [-0.1, -0.05) is 386 Å². The zero-order chi connectivity index (χ0) is 61.2. The third kappa shape index (κ3) is 70.1. The average Bonchev–Trinajstić information content (AvgIpc) is 3.61. The van der Waals surface area contributed by atoms with Crippen LogP contribution in [0, 0.1) is 0 Å². The van der Waals surface area contributed by atoms with Crippen molar-refractivity contribution >= 4 is 19.8 Å². The van der Waals surface area contributed by atoms with Crippen LogP contribution >= 0.6 is 7.82 Å². The summed E-state index contributed by atoms with van der Waals surface area (Å²) in [5.41, 5.74) is 0. The van der Waals surface area contributed by atoms with Crippen molar-refractivity contribution in [3.8, 4) is 0 Å². The standard InChI is InChI=1S/C74H148NO8P/c1-6-8-10-12-14-16-18-20-22-24-26-28-30-32-33-34-35-36-37-38-39-40-41-42-43-45-47-49-51-53-55-57-59-61-63-65-67-74(77)83-72(71-82-84(78,79)81-69-68-75(3,4)5)70-80-73(76)66-64-62-60-58-56-54-52-50-48-46-44-31-29-27-25-23-21-19-17-15-13-11-9-7-2/h72H,6-71H2,1-5H3. The van der Waals surface area contributed by atoms with E-state index >= 15 is 0 Å². The summed E-state index contributed by atoms with van der Waals surface area (Å²) in [7, 11) is 1.20. The van der Waals surface area contributed by atoms with Crippen LogP contribution in [0.4, 0.5) is 0 Å². The number of nitrogens with zero attached hydrogens (tertiary/aromatic N) is 1. The fraction of sp³-hybridized carbons (Fsp3) is 0.973. The van der Waals surface area contributed by atoms with Crippen molar-refractivity contribution in [1.29, 1.82) is 0 Å².